The van der Waals surface area contributed by atoms with Gasteiger partial charge in [0.15, 0.2) is 0 Å². The van der Waals surface area contributed by atoms with Crippen LogP contribution in [0.3, 0.4) is 0 Å². The van der Waals surface area contributed by atoms with E-state index in [2.05, 4.69) is 11.0 Å². The topological polar surface area (TPSA) is 47.3 Å². The molecule has 0 aliphatic heterocycles. The number of hydrogen-bond acceptors (Lipinski definition) is 3. The molecule has 0 fully saturated rings. The van der Waals surface area contributed by atoms with Crippen molar-refractivity contribution in [2.75, 3.05) is 13.6 Å². The highest BCUT2D eigenvalue weighted by Gasteiger charge is 2.05. The second-order valence-electron chi connectivity index (χ2n) is 4.63. The minimum Gasteiger partial charge on any atom is -0.393 e. The summed E-state index contributed by atoms with van der Waals surface area (Å²) in [6.07, 6.45) is 0.533. The fourth-order valence-corrected chi connectivity index (χ4v) is 1.72. The molecule has 17 heavy (non-hydrogen) atoms. The molecule has 3 nitrogen and oxygen atoms in total. The SMILES string of the molecule is Cc1cc(C#N)ccc1CN(C)CCC(C)O. The highest BCUT2D eigenvalue weighted by molar-refractivity contribution is 5.37. The summed E-state index contributed by atoms with van der Waals surface area (Å²) in [5, 5.41) is 18.0. The van der Waals surface area contributed by atoms with E-state index < -0.39 is 0 Å². The van der Waals surface area contributed by atoms with Gasteiger partial charge < -0.3 is 10.0 Å². The maximum absolute atomic E-state index is 9.23. The van der Waals surface area contributed by atoms with Gasteiger partial charge in [-0.15, -0.1) is 0 Å². The molecule has 0 bridgehead atoms. The van der Waals surface area contributed by atoms with Crippen LogP contribution in [0.25, 0.3) is 0 Å². The summed E-state index contributed by atoms with van der Waals surface area (Å²) >= 11 is 0. The number of benzene rings is 1. The van der Waals surface area contributed by atoms with Crippen molar-refractivity contribution in [3.05, 3.63) is 34.9 Å². The summed E-state index contributed by atoms with van der Waals surface area (Å²) in [6, 6.07) is 7.92. The lowest BCUT2D eigenvalue weighted by molar-refractivity contribution is 0.163. The van der Waals surface area contributed by atoms with Crippen LogP contribution in [0, 0.1) is 18.3 Å². The van der Waals surface area contributed by atoms with E-state index in [1.54, 1.807) is 6.92 Å². The Kier molecular flexibility index (Phi) is 5.14. The fraction of sp³-hybridized carbons (Fsp3) is 0.500. The van der Waals surface area contributed by atoms with Crippen molar-refractivity contribution in [3.8, 4) is 6.07 Å². The third-order valence-electron chi connectivity index (χ3n) is 2.84. The van der Waals surface area contributed by atoms with Gasteiger partial charge in [0.05, 0.1) is 17.7 Å². The van der Waals surface area contributed by atoms with Crippen LogP contribution >= 0.6 is 0 Å². The predicted octanol–water partition coefficient (Wildman–Crippen LogP) is 2.07. The second kappa shape index (κ2) is 6.39. The van der Waals surface area contributed by atoms with Crippen molar-refractivity contribution in [2.45, 2.75) is 32.9 Å². The lowest BCUT2D eigenvalue weighted by Gasteiger charge is -2.18. The first kappa shape index (κ1) is 13.7. The lowest BCUT2D eigenvalue weighted by Crippen LogP contribution is -2.22. The average Bonchev–Trinajstić information content (AvgIpc) is 2.29. The number of rotatable bonds is 5. The maximum atomic E-state index is 9.23. The van der Waals surface area contributed by atoms with E-state index in [9.17, 15) is 5.11 Å². The monoisotopic (exact) mass is 232 g/mol. The summed E-state index contributed by atoms with van der Waals surface area (Å²) in [5.41, 5.74) is 3.09. The first-order chi connectivity index (χ1) is 8.02. The van der Waals surface area contributed by atoms with Crippen LogP contribution in [0.2, 0.25) is 0 Å². The smallest absolute Gasteiger partial charge is 0.0991 e. The molecule has 0 spiro atoms. The van der Waals surface area contributed by atoms with Gasteiger partial charge in [0, 0.05) is 13.1 Å². The number of aliphatic hydroxyl groups excluding tert-OH is 1. The molecule has 92 valence electrons. The summed E-state index contributed by atoms with van der Waals surface area (Å²) in [6.45, 7) is 5.56. The summed E-state index contributed by atoms with van der Waals surface area (Å²) in [4.78, 5) is 2.18. The molecule has 0 aliphatic carbocycles. The van der Waals surface area contributed by atoms with Crippen LogP contribution in [0.1, 0.15) is 30.0 Å². The van der Waals surface area contributed by atoms with Crippen molar-refractivity contribution in [1.29, 1.82) is 5.26 Å². The van der Waals surface area contributed by atoms with Gasteiger partial charge in [-0.3, -0.25) is 0 Å². The van der Waals surface area contributed by atoms with Gasteiger partial charge in [-0.25, -0.2) is 0 Å². The van der Waals surface area contributed by atoms with Gasteiger partial charge in [0.1, 0.15) is 0 Å². The number of aryl methyl sites for hydroxylation is 1. The molecule has 1 rings (SSSR count). The number of nitrogens with zero attached hydrogens (tertiary/aromatic N) is 2. The minimum absolute atomic E-state index is 0.250. The van der Waals surface area contributed by atoms with E-state index in [0.717, 1.165) is 25.1 Å². The molecule has 3 heteroatoms. The molecule has 0 amide bonds. The normalized spacial score (nSPS) is 12.5. The number of hydrogen-bond donors (Lipinski definition) is 1. The zero-order chi connectivity index (χ0) is 12.8. The van der Waals surface area contributed by atoms with Gasteiger partial charge in [0.25, 0.3) is 0 Å². The van der Waals surface area contributed by atoms with Gasteiger partial charge in [-0.05, 0) is 50.6 Å². The number of nitriles is 1. The van der Waals surface area contributed by atoms with Crippen molar-refractivity contribution < 1.29 is 5.11 Å². The zero-order valence-corrected chi connectivity index (χ0v) is 10.8. The average molecular weight is 232 g/mol. The standard InChI is InChI=1S/C14H20N2O/c1-11-8-13(9-15)4-5-14(11)10-16(3)7-6-12(2)17/h4-5,8,12,17H,6-7,10H2,1-3H3. The van der Waals surface area contributed by atoms with Crippen molar-refractivity contribution in [3.63, 3.8) is 0 Å². The Morgan fingerprint density at radius 3 is 2.71 bits per heavy atom. The molecule has 0 saturated heterocycles. The van der Waals surface area contributed by atoms with Crippen LogP contribution in [-0.4, -0.2) is 29.7 Å². The lowest BCUT2D eigenvalue weighted by atomic mass is 10.1. The Balaban J connectivity index is 2.60. The third kappa shape index (κ3) is 4.56. The van der Waals surface area contributed by atoms with Crippen LogP contribution in [0.15, 0.2) is 18.2 Å². The first-order valence-electron chi connectivity index (χ1n) is 5.89. The van der Waals surface area contributed by atoms with Crippen molar-refractivity contribution >= 4 is 0 Å². The molecular weight excluding hydrogens is 212 g/mol. The molecule has 0 heterocycles. The molecule has 0 aliphatic rings. The first-order valence-corrected chi connectivity index (χ1v) is 5.89. The molecular formula is C14H20N2O. The van der Waals surface area contributed by atoms with Crippen LogP contribution in [0.5, 0.6) is 0 Å². The minimum atomic E-state index is -0.250. The third-order valence-corrected chi connectivity index (χ3v) is 2.84. The van der Waals surface area contributed by atoms with E-state index in [1.807, 2.05) is 32.2 Å². The largest absolute Gasteiger partial charge is 0.393 e. The fourth-order valence-electron chi connectivity index (χ4n) is 1.72. The van der Waals surface area contributed by atoms with Gasteiger partial charge in [-0.2, -0.15) is 5.26 Å². The van der Waals surface area contributed by atoms with Crippen LogP contribution in [-0.2, 0) is 6.54 Å². The van der Waals surface area contributed by atoms with E-state index in [-0.39, 0.29) is 6.10 Å². The predicted molar refractivity (Wildman–Crippen MR) is 68.5 cm³/mol. The van der Waals surface area contributed by atoms with E-state index in [0.29, 0.717) is 5.56 Å². The quantitative estimate of drug-likeness (QED) is 0.845. The highest BCUT2D eigenvalue weighted by atomic mass is 16.3. The van der Waals surface area contributed by atoms with E-state index >= 15 is 0 Å². The Labute approximate surface area is 103 Å². The molecule has 1 aromatic carbocycles. The number of aliphatic hydroxyl groups is 1. The van der Waals surface area contributed by atoms with Crippen LogP contribution < -0.4 is 0 Å². The van der Waals surface area contributed by atoms with Crippen molar-refractivity contribution in [2.24, 2.45) is 0 Å². The summed E-state index contributed by atoms with van der Waals surface area (Å²) < 4.78 is 0. The Bertz CT molecular complexity index is 407. The molecule has 1 atom stereocenters. The van der Waals surface area contributed by atoms with Crippen LogP contribution in [0.4, 0.5) is 0 Å². The van der Waals surface area contributed by atoms with E-state index in [4.69, 9.17) is 5.26 Å². The van der Waals surface area contributed by atoms with Gasteiger partial charge in [-0.1, -0.05) is 6.07 Å². The molecule has 1 aromatic rings. The molecule has 0 aromatic heterocycles. The van der Waals surface area contributed by atoms with E-state index in [1.165, 1.54) is 5.56 Å². The molecule has 0 saturated carbocycles. The highest BCUT2D eigenvalue weighted by Crippen LogP contribution is 2.12. The molecule has 0 radical (unpaired) electrons. The second-order valence-corrected chi connectivity index (χ2v) is 4.63. The van der Waals surface area contributed by atoms with Crippen molar-refractivity contribution in [1.82, 2.24) is 4.90 Å². The Hall–Kier alpha value is -1.37. The Morgan fingerprint density at radius 2 is 2.18 bits per heavy atom. The Morgan fingerprint density at radius 1 is 1.47 bits per heavy atom. The maximum Gasteiger partial charge on any atom is 0.0991 e. The summed E-state index contributed by atoms with van der Waals surface area (Å²) in [5.74, 6) is 0. The zero-order valence-electron chi connectivity index (χ0n) is 10.8. The molecule has 1 N–H and O–H groups in total. The van der Waals surface area contributed by atoms with Gasteiger partial charge in [0.2, 0.25) is 0 Å². The van der Waals surface area contributed by atoms with Gasteiger partial charge >= 0.3 is 0 Å². The summed E-state index contributed by atoms with van der Waals surface area (Å²) in [7, 11) is 2.04. The molecule has 1 unspecified atom stereocenters.